The third kappa shape index (κ3) is 4.28. The molecule has 0 radical (unpaired) electrons. The molecule has 0 atom stereocenters. The average Bonchev–Trinajstić information content (AvgIpc) is 2.15. The van der Waals surface area contributed by atoms with Crippen LogP contribution in [-0.2, 0) is 11.2 Å². The minimum atomic E-state index is 0. The van der Waals surface area contributed by atoms with E-state index in [4.69, 9.17) is 0 Å². The van der Waals surface area contributed by atoms with Crippen LogP contribution in [0.5, 0.6) is 0 Å². The van der Waals surface area contributed by atoms with E-state index in [1.54, 1.807) is 11.8 Å². The van der Waals surface area contributed by atoms with E-state index in [0.29, 0.717) is 0 Å². The number of hydrogen-bond donors (Lipinski definition) is 0. The summed E-state index contributed by atoms with van der Waals surface area (Å²) in [5.74, 6) is 0.121. The normalized spacial score (nSPS) is 9.00. The Labute approximate surface area is 91.3 Å². The van der Waals surface area contributed by atoms with Crippen molar-refractivity contribution < 1.29 is 4.79 Å². The van der Waals surface area contributed by atoms with Crippen LogP contribution in [-0.4, -0.2) is 24.4 Å². The van der Waals surface area contributed by atoms with Gasteiger partial charge < -0.3 is 4.90 Å². The Kier molecular flexibility index (Phi) is 5.97. The second-order valence-electron chi connectivity index (χ2n) is 3.18. The van der Waals surface area contributed by atoms with Crippen molar-refractivity contribution >= 4 is 18.3 Å². The summed E-state index contributed by atoms with van der Waals surface area (Å²) in [6, 6.07) is 10.2. The lowest BCUT2D eigenvalue weighted by Gasteiger charge is -2.14. The second-order valence-corrected chi connectivity index (χ2v) is 3.18. The van der Waals surface area contributed by atoms with E-state index in [1.165, 1.54) is 5.56 Å². The number of carbonyl (C=O) groups excluding carboxylic acids is 1. The third-order valence-corrected chi connectivity index (χ3v) is 2.12. The highest BCUT2D eigenvalue weighted by molar-refractivity contribution is 5.85. The van der Waals surface area contributed by atoms with Gasteiger partial charge in [-0.1, -0.05) is 30.3 Å². The van der Waals surface area contributed by atoms with Crippen molar-refractivity contribution in [2.75, 3.05) is 13.6 Å². The molecule has 1 aromatic carbocycles. The smallest absolute Gasteiger partial charge is 0.219 e. The highest BCUT2D eigenvalue weighted by atomic mass is 35.5. The second kappa shape index (κ2) is 6.44. The maximum atomic E-state index is 10.9. The number of benzene rings is 1. The summed E-state index contributed by atoms with van der Waals surface area (Å²) >= 11 is 0. The maximum Gasteiger partial charge on any atom is 0.219 e. The van der Waals surface area contributed by atoms with E-state index in [-0.39, 0.29) is 18.3 Å². The monoisotopic (exact) mass is 213 g/mol. The minimum Gasteiger partial charge on any atom is -0.346 e. The van der Waals surface area contributed by atoms with Crippen molar-refractivity contribution in [3.63, 3.8) is 0 Å². The first-order valence-electron chi connectivity index (χ1n) is 4.46. The van der Waals surface area contributed by atoms with Gasteiger partial charge >= 0.3 is 0 Å². The first-order chi connectivity index (χ1) is 6.20. The van der Waals surface area contributed by atoms with Crippen molar-refractivity contribution in [3.05, 3.63) is 35.9 Å². The molecule has 0 heterocycles. The Balaban J connectivity index is 0.00000169. The molecule has 0 unspecified atom stereocenters. The Morgan fingerprint density at radius 3 is 2.36 bits per heavy atom. The molecular formula is C11H16ClNO. The van der Waals surface area contributed by atoms with Crippen LogP contribution in [0.2, 0.25) is 0 Å². The van der Waals surface area contributed by atoms with Crippen LogP contribution in [0.4, 0.5) is 0 Å². The number of amides is 1. The van der Waals surface area contributed by atoms with Gasteiger partial charge in [0.05, 0.1) is 0 Å². The Hall–Kier alpha value is -1.02. The predicted molar refractivity (Wildman–Crippen MR) is 60.7 cm³/mol. The summed E-state index contributed by atoms with van der Waals surface area (Å²) < 4.78 is 0. The van der Waals surface area contributed by atoms with Crippen molar-refractivity contribution in [1.82, 2.24) is 4.90 Å². The van der Waals surface area contributed by atoms with E-state index in [0.717, 1.165) is 13.0 Å². The van der Waals surface area contributed by atoms with Crippen LogP contribution in [0.1, 0.15) is 12.5 Å². The first kappa shape index (κ1) is 13.0. The quantitative estimate of drug-likeness (QED) is 0.754. The van der Waals surface area contributed by atoms with Gasteiger partial charge in [0.25, 0.3) is 0 Å². The van der Waals surface area contributed by atoms with Crippen LogP contribution in [0.3, 0.4) is 0 Å². The average molecular weight is 214 g/mol. The fourth-order valence-electron chi connectivity index (χ4n) is 1.10. The highest BCUT2D eigenvalue weighted by Gasteiger charge is 2.00. The van der Waals surface area contributed by atoms with E-state index in [9.17, 15) is 4.79 Å². The van der Waals surface area contributed by atoms with Crippen LogP contribution in [0, 0.1) is 0 Å². The van der Waals surface area contributed by atoms with Gasteiger partial charge in [0.1, 0.15) is 0 Å². The van der Waals surface area contributed by atoms with Crippen LogP contribution in [0.15, 0.2) is 30.3 Å². The molecule has 0 aliphatic carbocycles. The van der Waals surface area contributed by atoms with E-state index >= 15 is 0 Å². The van der Waals surface area contributed by atoms with Crippen molar-refractivity contribution in [3.8, 4) is 0 Å². The van der Waals surface area contributed by atoms with E-state index < -0.39 is 0 Å². The fraction of sp³-hybridized carbons (Fsp3) is 0.364. The topological polar surface area (TPSA) is 20.3 Å². The summed E-state index contributed by atoms with van der Waals surface area (Å²) in [6.07, 6.45) is 0.928. The van der Waals surface area contributed by atoms with Gasteiger partial charge in [0.15, 0.2) is 0 Å². The lowest BCUT2D eigenvalue weighted by molar-refractivity contribution is -0.127. The molecule has 1 rings (SSSR count). The molecule has 2 nitrogen and oxygen atoms in total. The largest absolute Gasteiger partial charge is 0.346 e. The first-order valence-corrected chi connectivity index (χ1v) is 4.46. The molecule has 1 amide bonds. The lowest BCUT2D eigenvalue weighted by Crippen LogP contribution is -2.26. The summed E-state index contributed by atoms with van der Waals surface area (Å²) in [7, 11) is 1.82. The molecule has 78 valence electrons. The number of rotatable bonds is 3. The molecule has 14 heavy (non-hydrogen) atoms. The molecule has 0 aromatic heterocycles. The Morgan fingerprint density at radius 1 is 1.29 bits per heavy atom. The van der Waals surface area contributed by atoms with Gasteiger partial charge in [-0.15, -0.1) is 12.4 Å². The zero-order chi connectivity index (χ0) is 9.68. The Morgan fingerprint density at radius 2 is 1.86 bits per heavy atom. The highest BCUT2D eigenvalue weighted by Crippen LogP contribution is 2.00. The number of likely N-dealkylation sites (N-methyl/N-ethyl adjacent to an activating group) is 1. The molecular weight excluding hydrogens is 198 g/mol. The summed E-state index contributed by atoms with van der Waals surface area (Å²) in [5, 5.41) is 0. The van der Waals surface area contributed by atoms with Gasteiger partial charge in [-0.3, -0.25) is 4.79 Å². The number of nitrogens with zero attached hydrogens (tertiary/aromatic N) is 1. The standard InChI is InChI=1S/C11H15NO.ClH/c1-10(13)12(2)9-8-11-6-4-3-5-7-11;/h3-7H,8-9H2,1-2H3;1H. The van der Waals surface area contributed by atoms with Gasteiger partial charge in [-0.25, -0.2) is 0 Å². The SMILES string of the molecule is CC(=O)N(C)CCc1ccccc1.Cl. The van der Waals surface area contributed by atoms with E-state index in [2.05, 4.69) is 12.1 Å². The zero-order valence-corrected chi connectivity index (χ0v) is 9.38. The molecule has 0 N–H and O–H groups in total. The molecule has 3 heteroatoms. The van der Waals surface area contributed by atoms with Gasteiger partial charge in [0.2, 0.25) is 5.91 Å². The van der Waals surface area contributed by atoms with Crippen molar-refractivity contribution in [2.45, 2.75) is 13.3 Å². The molecule has 0 aliphatic rings. The summed E-state index contributed by atoms with van der Waals surface area (Å²) in [6.45, 7) is 2.38. The molecule has 0 fully saturated rings. The van der Waals surface area contributed by atoms with Crippen LogP contribution < -0.4 is 0 Å². The zero-order valence-electron chi connectivity index (χ0n) is 8.56. The molecule has 0 saturated heterocycles. The fourth-order valence-corrected chi connectivity index (χ4v) is 1.10. The minimum absolute atomic E-state index is 0. The number of halogens is 1. The molecule has 1 aromatic rings. The lowest BCUT2D eigenvalue weighted by atomic mass is 10.1. The predicted octanol–water partition coefficient (Wildman–Crippen LogP) is 2.13. The summed E-state index contributed by atoms with van der Waals surface area (Å²) in [5.41, 5.74) is 1.27. The Bertz CT molecular complexity index is 274. The molecule has 0 spiro atoms. The molecule has 0 aliphatic heterocycles. The van der Waals surface area contributed by atoms with Crippen LogP contribution in [0.25, 0.3) is 0 Å². The third-order valence-electron chi connectivity index (χ3n) is 2.12. The van der Waals surface area contributed by atoms with Crippen molar-refractivity contribution in [1.29, 1.82) is 0 Å². The van der Waals surface area contributed by atoms with Crippen molar-refractivity contribution in [2.24, 2.45) is 0 Å². The number of hydrogen-bond acceptors (Lipinski definition) is 1. The number of carbonyl (C=O) groups is 1. The van der Waals surface area contributed by atoms with Gasteiger partial charge in [-0.05, 0) is 12.0 Å². The van der Waals surface area contributed by atoms with E-state index in [1.807, 2.05) is 25.2 Å². The summed E-state index contributed by atoms with van der Waals surface area (Å²) in [4.78, 5) is 12.6. The van der Waals surface area contributed by atoms with Crippen LogP contribution >= 0.6 is 12.4 Å². The maximum absolute atomic E-state index is 10.9. The molecule has 0 saturated carbocycles. The van der Waals surface area contributed by atoms with Gasteiger partial charge in [-0.2, -0.15) is 0 Å². The van der Waals surface area contributed by atoms with Gasteiger partial charge in [0, 0.05) is 20.5 Å². The molecule has 0 bridgehead atoms.